The van der Waals surface area contributed by atoms with Gasteiger partial charge in [-0.3, -0.25) is 14.5 Å². The molecule has 2 saturated heterocycles. The van der Waals surface area contributed by atoms with E-state index in [2.05, 4.69) is 43.3 Å². The second kappa shape index (κ2) is 9.89. The van der Waals surface area contributed by atoms with Crippen molar-refractivity contribution in [3.05, 3.63) is 35.6 Å². The third-order valence-corrected chi connectivity index (χ3v) is 9.45. The Balaban J connectivity index is 1.22. The summed E-state index contributed by atoms with van der Waals surface area (Å²) in [5, 5.41) is 9.26. The van der Waals surface area contributed by atoms with Crippen molar-refractivity contribution in [2.75, 3.05) is 29.4 Å². The van der Waals surface area contributed by atoms with Gasteiger partial charge in [0.25, 0.3) is 5.91 Å². The standard InChI is InChI=1S/C23H28FI2N7O2/c24-21(26)20-18(11-33(30-20)14-3-1-13(8-25)2-4-14)28-23(34)17-9-27-32-6-5-19(29-22(17)32)31-10-16-7-15(31)12-35-16/h5-6,11,13-16,21,27H,1-4,7-10,12H2,(H,28,34)/t13-,14-,15-,16-,21?/m1/s1. The van der Waals surface area contributed by atoms with Crippen LogP contribution in [0, 0.1) is 5.92 Å². The van der Waals surface area contributed by atoms with Crippen LogP contribution in [-0.2, 0) is 9.53 Å². The van der Waals surface area contributed by atoms with Crippen molar-refractivity contribution in [3.63, 3.8) is 0 Å². The third kappa shape index (κ3) is 4.63. The molecule has 9 nitrogen and oxygen atoms in total. The van der Waals surface area contributed by atoms with Gasteiger partial charge in [0.15, 0.2) is 10.00 Å². The molecule has 3 fully saturated rings. The van der Waals surface area contributed by atoms with Crippen molar-refractivity contribution in [3.8, 4) is 0 Å². The summed E-state index contributed by atoms with van der Waals surface area (Å²) in [5.41, 5.74) is 4.42. The number of amides is 1. The highest BCUT2D eigenvalue weighted by Crippen LogP contribution is 2.37. The van der Waals surface area contributed by atoms with Crippen LogP contribution in [0.4, 0.5) is 10.1 Å². The van der Waals surface area contributed by atoms with Crippen LogP contribution in [-0.4, -0.2) is 67.7 Å². The van der Waals surface area contributed by atoms with Crippen LogP contribution in [0.2, 0.25) is 0 Å². The van der Waals surface area contributed by atoms with Crippen LogP contribution in [0.15, 0.2) is 34.9 Å². The Morgan fingerprint density at radius 3 is 2.83 bits per heavy atom. The Morgan fingerprint density at radius 2 is 2.14 bits per heavy atom. The second-order valence-corrected chi connectivity index (χ2v) is 11.8. The number of aliphatic imine (C=N–C) groups is 1. The number of halogens is 3. The molecule has 1 aromatic heterocycles. The Hall–Kier alpha value is -1.26. The van der Waals surface area contributed by atoms with Gasteiger partial charge in [0.05, 0.1) is 36.1 Å². The Kier molecular flexibility index (Phi) is 6.81. The fraction of sp³-hybridized carbons (Fsp3) is 0.609. The van der Waals surface area contributed by atoms with Gasteiger partial charge in [-0.05, 0) is 66.7 Å². The topological polar surface area (TPSA) is 87.0 Å². The zero-order valence-corrected chi connectivity index (χ0v) is 23.5. The summed E-state index contributed by atoms with van der Waals surface area (Å²) in [6.07, 6.45) is 11.3. The maximum atomic E-state index is 14.5. The van der Waals surface area contributed by atoms with Gasteiger partial charge < -0.3 is 15.0 Å². The molecule has 2 bridgehead atoms. The first-order valence-electron chi connectivity index (χ1n) is 12.2. The van der Waals surface area contributed by atoms with Crippen LogP contribution in [0.25, 0.3) is 0 Å². The number of carbonyl (C=O) groups is 1. The van der Waals surface area contributed by atoms with Crippen LogP contribution in [0.3, 0.4) is 0 Å². The van der Waals surface area contributed by atoms with E-state index >= 15 is 0 Å². The summed E-state index contributed by atoms with van der Waals surface area (Å²) < 4.78 is 21.9. The van der Waals surface area contributed by atoms with E-state index < -0.39 is 4.18 Å². The van der Waals surface area contributed by atoms with E-state index in [0.717, 1.165) is 57.0 Å². The molecule has 4 aliphatic heterocycles. The number of fused-ring (bicyclic) bond motifs is 3. The van der Waals surface area contributed by atoms with Crippen molar-refractivity contribution in [2.24, 2.45) is 10.9 Å². The molecule has 0 aromatic carbocycles. The van der Waals surface area contributed by atoms with Crippen molar-refractivity contribution >= 4 is 62.6 Å². The number of alkyl halides is 3. The van der Waals surface area contributed by atoms with E-state index in [-0.39, 0.29) is 23.7 Å². The molecule has 35 heavy (non-hydrogen) atoms. The zero-order valence-electron chi connectivity index (χ0n) is 19.2. The number of ether oxygens (including phenoxy) is 1. The van der Waals surface area contributed by atoms with Crippen LogP contribution >= 0.6 is 45.2 Å². The number of morpholine rings is 1. The molecule has 188 valence electrons. The number of likely N-dealkylation sites (tertiary alicyclic amines) is 1. The molecule has 12 heteroatoms. The molecule has 5 aliphatic rings. The average Bonchev–Trinajstić information content (AvgIpc) is 3.66. The van der Waals surface area contributed by atoms with Gasteiger partial charge in [-0.15, -0.1) is 0 Å². The summed E-state index contributed by atoms with van der Waals surface area (Å²) in [4.78, 5) is 20.4. The van der Waals surface area contributed by atoms with Crippen LogP contribution in [0.1, 0.15) is 48.0 Å². The summed E-state index contributed by atoms with van der Waals surface area (Å²) >= 11 is 4.16. The van der Waals surface area contributed by atoms with Gasteiger partial charge in [-0.1, -0.05) is 22.6 Å². The number of aromatic nitrogens is 2. The van der Waals surface area contributed by atoms with Crippen molar-refractivity contribution < 1.29 is 13.9 Å². The molecule has 0 spiro atoms. The molecule has 0 radical (unpaired) electrons. The molecule has 1 unspecified atom stereocenters. The fourth-order valence-corrected chi connectivity index (χ4v) is 6.97. The van der Waals surface area contributed by atoms with Gasteiger partial charge in [-0.2, -0.15) is 5.10 Å². The number of rotatable bonds is 5. The predicted molar refractivity (Wildman–Crippen MR) is 147 cm³/mol. The Morgan fingerprint density at radius 1 is 1.31 bits per heavy atom. The molecule has 1 amide bonds. The first kappa shape index (κ1) is 24.1. The van der Waals surface area contributed by atoms with Gasteiger partial charge in [0.1, 0.15) is 11.5 Å². The Labute approximate surface area is 230 Å². The third-order valence-electron chi connectivity index (χ3n) is 7.61. The highest BCUT2D eigenvalue weighted by Gasteiger charge is 2.41. The van der Waals surface area contributed by atoms with Gasteiger partial charge in [0.2, 0.25) is 0 Å². The molecule has 6 rings (SSSR count). The number of nitrogens with zero attached hydrogens (tertiary/aromatic N) is 5. The summed E-state index contributed by atoms with van der Waals surface area (Å²) in [7, 11) is 0. The molecular weight excluding hydrogens is 679 g/mol. The number of anilines is 1. The normalized spacial score (nSPS) is 30.7. The van der Waals surface area contributed by atoms with Crippen LogP contribution < -0.4 is 10.7 Å². The number of nitrogens with one attached hydrogen (secondary N) is 2. The predicted octanol–water partition coefficient (Wildman–Crippen LogP) is 3.82. The first-order valence-corrected chi connectivity index (χ1v) is 14.9. The lowest BCUT2D eigenvalue weighted by molar-refractivity contribution is -0.112. The van der Waals surface area contributed by atoms with E-state index in [4.69, 9.17) is 9.73 Å². The quantitative estimate of drug-likeness (QED) is 0.358. The number of carbonyl (C=O) groups excluding carboxylic acids is 1. The van der Waals surface area contributed by atoms with Gasteiger partial charge >= 0.3 is 0 Å². The van der Waals surface area contributed by atoms with Crippen molar-refractivity contribution in [2.45, 2.75) is 54.5 Å². The molecule has 1 saturated carbocycles. The monoisotopic (exact) mass is 707 g/mol. The molecule has 1 aliphatic carbocycles. The minimum atomic E-state index is -1.30. The minimum Gasteiger partial charge on any atom is -0.374 e. The molecule has 5 heterocycles. The van der Waals surface area contributed by atoms with E-state index in [1.165, 1.54) is 4.43 Å². The highest BCUT2D eigenvalue weighted by molar-refractivity contribution is 14.1. The summed E-state index contributed by atoms with van der Waals surface area (Å²) in [6.45, 7) is 1.90. The highest BCUT2D eigenvalue weighted by atomic mass is 127. The first-order chi connectivity index (χ1) is 17.0. The molecule has 2 N–H and O–H groups in total. The zero-order chi connectivity index (χ0) is 24.1. The number of hydrogen-bond donors (Lipinski definition) is 2. The van der Waals surface area contributed by atoms with Crippen molar-refractivity contribution in [1.29, 1.82) is 0 Å². The molecular formula is C23H28FI2N7O2. The van der Waals surface area contributed by atoms with E-state index in [0.29, 0.717) is 29.7 Å². The van der Waals surface area contributed by atoms with Crippen LogP contribution in [0.5, 0.6) is 0 Å². The lowest BCUT2D eigenvalue weighted by atomic mass is 9.87. The van der Waals surface area contributed by atoms with Crippen molar-refractivity contribution in [1.82, 2.24) is 25.1 Å². The number of hydrogen-bond acceptors (Lipinski definition) is 7. The smallest absolute Gasteiger partial charge is 0.256 e. The lowest BCUT2D eigenvalue weighted by Crippen LogP contribution is -2.42. The lowest BCUT2D eigenvalue weighted by Gasteiger charge is -2.31. The largest absolute Gasteiger partial charge is 0.374 e. The minimum absolute atomic E-state index is 0.245. The van der Waals surface area contributed by atoms with Gasteiger partial charge in [-0.25, -0.2) is 14.8 Å². The maximum Gasteiger partial charge on any atom is 0.256 e. The summed E-state index contributed by atoms with van der Waals surface area (Å²) in [5.74, 6) is 1.91. The molecule has 1 aromatic rings. The summed E-state index contributed by atoms with van der Waals surface area (Å²) in [6, 6.07) is 0.586. The van der Waals surface area contributed by atoms with Gasteiger partial charge in [0, 0.05) is 29.9 Å². The van der Waals surface area contributed by atoms with E-state index in [1.54, 1.807) is 33.8 Å². The van der Waals surface area contributed by atoms with E-state index in [1.807, 2.05) is 17.0 Å². The van der Waals surface area contributed by atoms with E-state index in [9.17, 15) is 9.18 Å². The Bertz CT molecular complexity index is 1100. The molecule has 3 atom stereocenters. The second-order valence-electron chi connectivity index (χ2n) is 9.78. The number of hydrazine groups is 1. The SMILES string of the molecule is O=C(Nc1cn([C@H]2CC[C@H](CI)CC2)nc1C(F)I)C1=C2N=C(N3C[C@H]4C[C@@H]3CO4)C=CN2NC1. The maximum absolute atomic E-state index is 14.5. The average molecular weight is 707 g/mol. The number of amidine groups is 1. The fourth-order valence-electron chi connectivity index (χ4n) is 5.63.